The number of nitrogens with one attached hydrogen (secondary N) is 1. The fourth-order valence-electron chi connectivity index (χ4n) is 4.49. The van der Waals surface area contributed by atoms with Gasteiger partial charge in [-0.05, 0) is 42.0 Å². The molecule has 0 aliphatic carbocycles. The number of hydrogen-bond donors (Lipinski definition) is 2. The summed E-state index contributed by atoms with van der Waals surface area (Å²) in [6, 6.07) is 25.6. The van der Waals surface area contributed by atoms with E-state index in [1.54, 1.807) is 35.1 Å². The molecule has 1 atom stereocenters. The summed E-state index contributed by atoms with van der Waals surface area (Å²) in [5, 5.41) is 2.47. The van der Waals surface area contributed by atoms with Crippen LogP contribution in [0, 0.1) is 0 Å². The van der Waals surface area contributed by atoms with Crippen molar-refractivity contribution in [3.63, 3.8) is 0 Å². The highest BCUT2D eigenvalue weighted by molar-refractivity contribution is 7.89. The number of hydrogen-bond acceptors (Lipinski definition) is 7. The number of carbonyl (C=O) groups excluding carboxylic acids is 2. The summed E-state index contributed by atoms with van der Waals surface area (Å²) in [5.74, 6) is 0.738. The van der Waals surface area contributed by atoms with Crippen molar-refractivity contribution in [2.45, 2.75) is 10.9 Å². The monoisotopic (exact) mass is 547 g/mol. The fraction of sp³-hybridized carbons (Fsp3) is 0.179. The van der Waals surface area contributed by atoms with Gasteiger partial charge in [0.05, 0.1) is 18.7 Å². The van der Waals surface area contributed by atoms with Crippen LogP contribution in [0.15, 0.2) is 96.0 Å². The van der Waals surface area contributed by atoms with Crippen molar-refractivity contribution in [1.29, 1.82) is 0 Å². The first-order valence-corrected chi connectivity index (χ1v) is 13.6. The van der Waals surface area contributed by atoms with Crippen LogP contribution < -0.4 is 20.7 Å². The van der Waals surface area contributed by atoms with E-state index in [9.17, 15) is 18.0 Å². The Morgan fingerprint density at radius 3 is 2.36 bits per heavy atom. The molecule has 1 aliphatic heterocycles. The number of benzene rings is 3. The third-order valence-corrected chi connectivity index (χ3v) is 8.28. The predicted octanol–water partition coefficient (Wildman–Crippen LogP) is 3.31. The first-order valence-electron chi connectivity index (χ1n) is 12.1. The number of ether oxygens (including phenoxy) is 1. The highest BCUT2D eigenvalue weighted by Gasteiger charge is 2.38. The van der Waals surface area contributed by atoms with Gasteiger partial charge >= 0.3 is 6.03 Å². The summed E-state index contributed by atoms with van der Waals surface area (Å²) in [7, 11) is -2.17. The van der Waals surface area contributed by atoms with Gasteiger partial charge in [-0.15, -0.1) is 0 Å². The molecule has 1 aromatic heterocycles. The molecule has 0 radical (unpaired) electrons. The lowest BCUT2D eigenvalue weighted by atomic mass is 10.0. The average molecular weight is 548 g/mol. The minimum absolute atomic E-state index is 0.225. The van der Waals surface area contributed by atoms with E-state index in [1.807, 2.05) is 60.7 Å². The Labute approximate surface area is 227 Å². The molecule has 10 nitrogen and oxygen atoms in total. The van der Waals surface area contributed by atoms with Crippen molar-refractivity contribution in [2.75, 3.05) is 31.6 Å². The van der Waals surface area contributed by atoms with Gasteiger partial charge in [0.25, 0.3) is 0 Å². The zero-order valence-corrected chi connectivity index (χ0v) is 22.1. The summed E-state index contributed by atoms with van der Waals surface area (Å²) in [6.07, 6.45) is 1.86. The number of anilines is 1. The van der Waals surface area contributed by atoms with Gasteiger partial charge in [0, 0.05) is 36.9 Å². The highest BCUT2D eigenvalue weighted by Crippen LogP contribution is 2.35. The topological polar surface area (TPSA) is 135 Å². The summed E-state index contributed by atoms with van der Waals surface area (Å²) >= 11 is 0. The SMILES string of the molecule is COc1ccc(C2CN(c3ccccc3)CCN2S(=O)(=O)c2cccc3cccnc23)cc1.NC(=O)NC=O. The second-order valence-corrected chi connectivity index (χ2v) is 10.5. The predicted molar refractivity (Wildman–Crippen MR) is 149 cm³/mol. The Bertz CT molecular complexity index is 1530. The van der Waals surface area contributed by atoms with Gasteiger partial charge in [-0.1, -0.05) is 48.5 Å². The maximum absolute atomic E-state index is 14.0. The van der Waals surface area contributed by atoms with E-state index in [-0.39, 0.29) is 17.3 Å². The number of rotatable bonds is 6. The van der Waals surface area contributed by atoms with E-state index in [4.69, 9.17) is 4.74 Å². The van der Waals surface area contributed by atoms with Gasteiger partial charge in [-0.3, -0.25) is 15.1 Å². The first kappa shape index (κ1) is 27.6. The molecule has 1 aliphatic rings. The smallest absolute Gasteiger partial charge is 0.318 e. The molecule has 3 N–H and O–H groups in total. The standard InChI is InChI=1S/C26H25N3O3S.C2H4N2O2/c1-32-23-14-12-20(13-15-23)24-19-28(22-9-3-2-4-10-22)17-18-29(24)33(30,31)25-11-5-7-21-8-6-16-27-26(21)25;3-2(6)4-1-5/h2-16,24H,17-19H2,1H3;1H,(H3,3,4,5,6). The molecule has 3 amide bonds. The Kier molecular flexibility index (Phi) is 8.74. The molecule has 4 aromatic rings. The van der Waals surface area contributed by atoms with Gasteiger partial charge in [0.2, 0.25) is 16.4 Å². The number of nitrogens with two attached hydrogens (primary N) is 1. The Balaban J connectivity index is 0.000000531. The first-order chi connectivity index (χ1) is 18.8. The van der Waals surface area contributed by atoms with Gasteiger partial charge in [-0.2, -0.15) is 4.31 Å². The number of sulfonamides is 1. The van der Waals surface area contributed by atoms with Crippen molar-refractivity contribution in [3.05, 3.63) is 96.7 Å². The molecule has 5 rings (SSSR count). The van der Waals surface area contributed by atoms with Crippen LogP contribution in [0.1, 0.15) is 11.6 Å². The van der Waals surface area contributed by atoms with Gasteiger partial charge < -0.3 is 15.4 Å². The summed E-state index contributed by atoms with van der Waals surface area (Å²) in [4.78, 5) is 25.6. The Morgan fingerprint density at radius 1 is 1.00 bits per heavy atom. The highest BCUT2D eigenvalue weighted by atomic mass is 32.2. The van der Waals surface area contributed by atoms with Gasteiger partial charge in [0.15, 0.2) is 0 Å². The number of aromatic nitrogens is 1. The van der Waals surface area contributed by atoms with Crippen molar-refractivity contribution >= 4 is 39.1 Å². The number of piperazine rings is 1. The van der Waals surface area contributed by atoms with E-state index in [2.05, 4.69) is 27.8 Å². The third-order valence-electron chi connectivity index (χ3n) is 6.34. The lowest BCUT2D eigenvalue weighted by molar-refractivity contribution is -0.108. The number of pyridine rings is 1. The molecule has 11 heteroatoms. The van der Waals surface area contributed by atoms with E-state index in [0.29, 0.717) is 25.2 Å². The molecule has 39 heavy (non-hydrogen) atoms. The number of fused-ring (bicyclic) bond motifs is 1. The maximum atomic E-state index is 14.0. The Morgan fingerprint density at radius 2 is 1.72 bits per heavy atom. The lowest BCUT2D eigenvalue weighted by Gasteiger charge is -2.42. The largest absolute Gasteiger partial charge is 0.497 e. The molecular weight excluding hydrogens is 518 g/mol. The van der Waals surface area contributed by atoms with Crippen LogP contribution in [-0.4, -0.2) is 56.9 Å². The number of methoxy groups -OCH3 is 1. The molecule has 0 saturated carbocycles. The van der Waals surface area contributed by atoms with Crippen LogP contribution >= 0.6 is 0 Å². The molecule has 0 bridgehead atoms. The minimum Gasteiger partial charge on any atom is -0.497 e. The van der Waals surface area contributed by atoms with Crippen LogP contribution in [0.5, 0.6) is 5.75 Å². The molecule has 0 spiro atoms. The molecule has 2 heterocycles. The van der Waals surface area contributed by atoms with Crippen LogP contribution in [0.25, 0.3) is 10.9 Å². The Hall–Kier alpha value is -4.48. The number of amides is 3. The number of primary amides is 1. The summed E-state index contributed by atoms with van der Waals surface area (Å²) in [6.45, 7) is 1.53. The molecule has 1 saturated heterocycles. The van der Waals surface area contributed by atoms with Crippen molar-refractivity contribution in [1.82, 2.24) is 14.6 Å². The second kappa shape index (κ2) is 12.4. The summed E-state index contributed by atoms with van der Waals surface area (Å²) in [5.41, 5.74) is 6.93. The third kappa shape index (κ3) is 6.33. The fourth-order valence-corrected chi connectivity index (χ4v) is 6.26. The van der Waals surface area contributed by atoms with E-state index >= 15 is 0 Å². The molecular formula is C28H29N5O5S. The lowest BCUT2D eigenvalue weighted by Crippen LogP contribution is -2.50. The molecule has 1 fully saturated rings. The minimum atomic E-state index is -3.79. The molecule has 202 valence electrons. The van der Waals surface area contributed by atoms with E-state index < -0.39 is 16.1 Å². The number of imide groups is 1. The molecule has 3 aromatic carbocycles. The maximum Gasteiger partial charge on any atom is 0.318 e. The molecule has 1 unspecified atom stereocenters. The van der Waals surface area contributed by atoms with E-state index in [1.165, 1.54) is 0 Å². The van der Waals surface area contributed by atoms with Crippen molar-refractivity contribution in [2.24, 2.45) is 5.73 Å². The van der Waals surface area contributed by atoms with Crippen LogP contribution in [0.4, 0.5) is 10.5 Å². The van der Waals surface area contributed by atoms with Gasteiger partial charge in [-0.25, -0.2) is 13.2 Å². The van der Waals surface area contributed by atoms with E-state index in [0.717, 1.165) is 22.4 Å². The second-order valence-electron chi connectivity index (χ2n) is 8.64. The zero-order chi connectivity index (χ0) is 27.8. The van der Waals surface area contributed by atoms with Crippen molar-refractivity contribution in [3.8, 4) is 5.75 Å². The number of urea groups is 1. The summed E-state index contributed by atoms with van der Waals surface area (Å²) < 4.78 is 34.9. The van der Waals surface area contributed by atoms with Crippen LogP contribution in [-0.2, 0) is 14.8 Å². The quantitative estimate of drug-likeness (QED) is 0.354. The average Bonchev–Trinajstić information content (AvgIpc) is 2.97. The van der Waals surface area contributed by atoms with Gasteiger partial charge in [0.1, 0.15) is 10.6 Å². The number of carbonyl (C=O) groups is 2. The number of nitrogens with zero attached hydrogens (tertiary/aromatic N) is 3. The zero-order valence-electron chi connectivity index (χ0n) is 21.3. The van der Waals surface area contributed by atoms with Crippen LogP contribution in [0.3, 0.4) is 0 Å². The van der Waals surface area contributed by atoms with Crippen LogP contribution in [0.2, 0.25) is 0 Å². The number of para-hydroxylation sites is 2. The normalized spacial score (nSPS) is 15.6. The van der Waals surface area contributed by atoms with Crippen molar-refractivity contribution < 1.29 is 22.7 Å².